The first-order chi connectivity index (χ1) is 11.5. The molecule has 1 aromatic rings. The van der Waals surface area contributed by atoms with E-state index < -0.39 is 0 Å². The smallest absolute Gasteiger partial charge is 0.243 e. The molecule has 1 aliphatic rings. The summed E-state index contributed by atoms with van der Waals surface area (Å²) in [5.74, 6) is 0.876. The van der Waals surface area contributed by atoms with Gasteiger partial charge >= 0.3 is 0 Å². The van der Waals surface area contributed by atoms with Crippen LogP contribution in [0.2, 0.25) is 0 Å². The highest BCUT2D eigenvalue weighted by Crippen LogP contribution is 2.22. The fourth-order valence-electron chi connectivity index (χ4n) is 2.43. The molecule has 1 aliphatic heterocycles. The van der Waals surface area contributed by atoms with Gasteiger partial charge in [-0.2, -0.15) is 0 Å². The maximum Gasteiger partial charge on any atom is 0.243 e. The average Bonchev–Trinajstić information content (AvgIpc) is 3.12. The van der Waals surface area contributed by atoms with Crippen LogP contribution in [0, 0.1) is 0 Å². The third kappa shape index (κ3) is 6.65. The van der Waals surface area contributed by atoms with Crippen molar-refractivity contribution < 1.29 is 4.79 Å². The molecule has 0 aromatic carbocycles. The Labute approximate surface area is 172 Å². The summed E-state index contributed by atoms with van der Waals surface area (Å²) in [6, 6.07) is 4.60. The van der Waals surface area contributed by atoms with E-state index >= 15 is 0 Å². The molecular weight excluding hydrogens is 449 g/mol. The zero-order valence-corrected chi connectivity index (χ0v) is 18.7. The highest BCUT2D eigenvalue weighted by atomic mass is 127. The van der Waals surface area contributed by atoms with Gasteiger partial charge in [0, 0.05) is 46.3 Å². The van der Waals surface area contributed by atoms with Crippen molar-refractivity contribution >= 4 is 52.2 Å². The normalized spacial score (nSPS) is 16.2. The molecule has 1 amide bonds. The van der Waals surface area contributed by atoms with Gasteiger partial charge in [0.1, 0.15) is 6.54 Å². The van der Waals surface area contributed by atoms with Gasteiger partial charge in [0.25, 0.3) is 0 Å². The number of thiophene rings is 1. The van der Waals surface area contributed by atoms with Crippen molar-refractivity contribution in [2.24, 2.45) is 4.99 Å². The first-order valence-corrected chi connectivity index (χ1v) is 9.43. The number of rotatable bonds is 5. The summed E-state index contributed by atoms with van der Waals surface area (Å²) in [7, 11) is 3.53. The second kappa shape index (κ2) is 10.8. The summed E-state index contributed by atoms with van der Waals surface area (Å²) in [5.41, 5.74) is 0. The highest BCUT2D eigenvalue weighted by molar-refractivity contribution is 14.0. The van der Waals surface area contributed by atoms with Crippen LogP contribution in [0.4, 0.5) is 5.00 Å². The maximum absolute atomic E-state index is 11.9. The average molecular weight is 479 g/mol. The van der Waals surface area contributed by atoms with Gasteiger partial charge in [0.2, 0.25) is 5.91 Å². The Balaban J connectivity index is 0.00000312. The maximum atomic E-state index is 11.9. The van der Waals surface area contributed by atoms with E-state index in [-0.39, 0.29) is 36.4 Å². The van der Waals surface area contributed by atoms with E-state index in [1.807, 2.05) is 0 Å². The SMILES string of the molecule is CCC(C)NC(=NCC(=O)N(C)C)N1CCN(c2cccs2)CC1.I. The number of carbonyl (C=O) groups excluding carboxylic acids is 1. The number of hydrogen-bond acceptors (Lipinski definition) is 4. The molecule has 2 heterocycles. The van der Waals surface area contributed by atoms with Crippen LogP contribution in [0.3, 0.4) is 0 Å². The molecule has 2 rings (SSSR count). The van der Waals surface area contributed by atoms with Gasteiger partial charge in [0.05, 0.1) is 5.00 Å². The van der Waals surface area contributed by atoms with Crippen LogP contribution in [-0.2, 0) is 4.79 Å². The van der Waals surface area contributed by atoms with E-state index in [9.17, 15) is 4.79 Å². The molecule has 1 saturated heterocycles. The molecule has 0 aliphatic carbocycles. The third-order valence-electron chi connectivity index (χ3n) is 4.25. The molecule has 1 atom stereocenters. The summed E-state index contributed by atoms with van der Waals surface area (Å²) in [5, 5.41) is 6.91. The van der Waals surface area contributed by atoms with Gasteiger partial charge in [-0.15, -0.1) is 35.3 Å². The quantitative estimate of drug-likeness (QED) is 0.400. The second-order valence-electron chi connectivity index (χ2n) is 6.31. The van der Waals surface area contributed by atoms with Gasteiger partial charge < -0.3 is 20.0 Å². The Kier molecular flexibility index (Phi) is 9.55. The number of hydrogen-bond donors (Lipinski definition) is 1. The first kappa shape index (κ1) is 22.0. The molecule has 6 nitrogen and oxygen atoms in total. The monoisotopic (exact) mass is 479 g/mol. The Morgan fingerprint density at radius 3 is 2.56 bits per heavy atom. The lowest BCUT2D eigenvalue weighted by Crippen LogP contribution is -2.54. The molecule has 0 saturated carbocycles. The number of likely N-dealkylation sites (N-methyl/N-ethyl adjacent to an activating group) is 1. The number of piperazine rings is 1. The molecule has 25 heavy (non-hydrogen) atoms. The van der Waals surface area contributed by atoms with E-state index in [0.717, 1.165) is 38.6 Å². The van der Waals surface area contributed by atoms with E-state index in [1.54, 1.807) is 30.3 Å². The molecule has 1 unspecified atom stereocenters. The molecule has 1 fully saturated rings. The largest absolute Gasteiger partial charge is 0.360 e. The zero-order chi connectivity index (χ0) is 17.5. The fraction of sp³-hybridized carbons (Fsp3) is 0.647. The van der Waals surface area contributed by atoms with Gasteiger partial charge in [-0.1, -0.05) is 6.92 Å². The second-order valence-corrected chi connectivity index (χ2v) is 7.23. The number of aliphatic imine (C=N–C) groups is 1. The van der Waals surface area contributed by atoms with Crippen molar-refractivity contribution in [3.05, 3.63) is 17.5 Å². The van der Waals surface area contributed by atoms with Crippen LogP contribution in [0.5, 0.6) is 0 Å². The summed E-state index contributed by atoms with van der Waals surface area (Å²) >= 11 is 1.78. The summed E-state index contributed by atoms with van der Waals surface area (Å²) < 4.78 is 0. The Hall–Kier alpha value is -1.03. The highest BCUT2D eigenvalue weighted by Gasteiger charge is 2.21. The van der Waals surface area contributed by atoms with E-state index in [4.69, 9.17) is 0 Å². The fourth-order valence-corrected chi connectivity index (χ4v) is 3.22. The standard InChI is InChI=1S/C17H29N5OS.HI/c1-5-14(2)19-17(18-13-15(23)20(3)4)22-10-8-21(9-11-22)16-7-6-12-24-16;/h6-7,12,14H,5,8-11,13H2,1-4H3,(H,18,19);1H. The van der Waals surface area contributed by atoms with Crippen LogP contribution in [-0.4, -0.2) is 74.5 Å². The van der Waals surface area contributed by atoms with Crippen LogP contribution < -0.4 is 10.2 Å². The number of guanidine groups is 1. The lowest BCUT2D eigenvalue weighted by atomic mass is 10.2. The van der Waals surface area contributed by atoms with Gasteiger partial charge in [-0.3, -0.25) is 4.79 Å². The Morgan fingerprint density at radius 1 is 1.36 bits per heavy atom. The van der Waals surface area contributed by atoms with Crippen LogP contribution >= 0.6 is 35.3 Å². The van der Waals surface area contributed by atoms with Crippen molar-refractivity contribution in [1.29, 1.82) is 0 Å². The minimum atomic E-state index is 0. The van der Waals surface area contributed by atoms with Crippen molar-refractivity contribution in [1.82, 2.24) is 15.1 Å². The third-order valence-corrected chi connectivity index (χ3v) is 5.18. The molecule has 1 aromatic heterocycles. The van der Waals surface area contributed by atoms with Crippen molar-refractivity contribution in [2.45, 2.75) is 26.3 Å². The van der Waals surface area contributed by atoms with Gasteiger partial charge in [-0.25, -0.2) is 4.99 Å². The summed E-state index contributed by atoms with van der Waals surface area (Å²) in [6.45, 7) is 8.26. The predicted molar refractivity (Wildman–Crippen MR) is 117 cm³/mol. The summed E-state index contributed by atoms with van der Waals surface area (Å²) in [4.78, 5) is 22.7. The number of carbonyl (C=O) groups is 1. The van der Waals surface area contributed by atoms with Crippen LogP contribution in [0.15, 0.2) is 22.5 Å². The van der Waals surface area contributed by atoms with E-state index in [2.05, 4.69) is 51.5 Å². The molecule has 0 spiro atoms. The molecular formula is C17H30IN5OS. The van der Waals surface area contributed by atoms with Crippen molar-refractivity contribution in [3.8, 4) is 0 Å². The minimum Gasteiger partial charge on any atom is -0.360 e. The van der Waals surface area contributed by atoms with Crippen LogP contribution in [0.25, 0.3) is 0 Å². The molecule has 1 N–H and O–H groups in total. The van der Waals surface area contributed by atoms with E-state index in [1.165, 1.54) is 5.00 Å². The van der Waals surface area contributed by atoms with E-state index in [0.29, 0.717) is 6.04 Å². The van der Waals surface area contributed by atoms with Gasteiger partial charge in [-0.05, 0) is 30.9 Å². The number of anilines is 1. The lowest BCUT2D eigenvalue weighted by molar-refractivity contribution is -0.127. The number of nitrogens with zero attached hydrogens (tertiary/aromatic N) is 4. The van der Waals surface area contributed by atoms with Crippen LogP contribution in [0.1, 0.15) is 20.3 Å². The molecule has 8 heteroatoms. The minimum absolute atomic E-state index is 0. The molecule has 0 radical (unpaired) electrons. The van der Waals surface area contributed by atoms with Gasteiger partial charge in [0.15, 0.2) is 5.96 Å². The predicted octanol–water partition coefficient (Wildman–Crippen LogP) is 2.32. The Morgan fingerprint density at radius 2 is 2.04 bits per heavy atom. The number of halogens is 1. The lowest BCUT2D eigenvalue weighted by Gasteiger charge is -2.37. The van der Waals surface area contributed by atoms with Crippen molar-refractivity contribution in [3.63, 3.8) is 0 Å². The molecule has 0 bridgehead atoms. The zero-order valence-electron chi connectivity index (χ0n) is 15.6. The topological polar surface area (TPSA) is 51.2 Å². The Bertz CT molecular complexity index is 541. The van der Waals surface area contributed by atoms with Crippen molar-refractivity contribution in [2.75, 3.05) is 51.7 Å². The number of nitrogens with one attached hydrogen (secondary N) is 1. The summed E-state index contributed by atoms with van der Waals surface area (Å²) in [6.07, 6.45) is 1.02. The first-order valence-electron chi connectivity index (χ1n) is 8.55. The molecule has 142 valence electrons. The number of amides is 1.